The Kier molecular flexibility index (Phi) is 3.90. The van der Waals surface area contributed by atoms with Crippen molar-refractivity contribution in [2.24, 2.45) is 14.1 Å². The van der Waals surface area contributed by atoms with E-state index in [1.807, 2.05) is 55.8 Å². The molecule has 0 aliphatic heterocycles. The van der Waals surface area contributed by atoms with Gasteiger partial charge in [0.2, 0.25) is 5.91 Å². The number of carbonyl (C=O) groups is 1. The molecule has 1 aliphatic carbocycles. The minimum absolute atomic E-state index is 0.00662. The summed E-state index contributed by atoms with van der Waals surface area (Å²) in [7, 11) is 3.82. The van der Waals surface area contributed by atoms with Crippen molar-refractivity contribution in [3.05, 3.63) is 29.8 Å². The molecule has 1 amide bonds. The molecule has 1 aliphatic rings. The Balaban J connectivity index is 1.75. The van der Waals surface area contributed by atoms with Crippen molar-refractivity contribution in [3.8, 4) is 22.5 Å². The summed E-state index contributed by atoms with van der Waals surface area (Å²) in [4.78, 5) is 12.3. The van der Waals surface area contributed by atoms with E-state index in [4.69, 9.17) is 5.10 Å². The molecule has 0 atom stereocenters. The van der Waals surface area contributed by atoms with Gasteiger partial charge in [-0.25, -0.2) is 0 Å². The van der Waals surface area contributed by atoms with Gasteiger partial charge in [-0.1, -0.05) is 0 Å². The first-order valence-corrected chi connectivity index (χ1v) is 8.79. The lowest BCUT2D eigenvalue weighted by Crippen LogP contribution is -2.29. The van der Waals surface area contributed by atoms with Crippen molar-refractivity contribution in [1.29, 1.82) is 0 Å². The van der Waals surface area contributed by atoms with Crippen LogP contribution in [0.3, 0.4) is 0 Å². The second-order valence-electron chi connectivity index (χ2n) is 6.95. The molecular weight excluding hydrogens is 330 g/mol. The van der Waals surface area contributed by atoms with Crippen LogP contribution in [0.25, 0.3) is 22.5 Å². The van der Waals surface area contributed by atoms with Gasteiger partial charge >= 0.3 is 0 Å². The number of hydrogen-bond donors (Lipinski definition) is 1. The van der Waals surface area contributed by atoms with E-state index in [-0.39, 0.29) is 12.5 Å². The van der Waals surface area contributed by atoms with Gasteiger partial charge in [-0.05, 0) is 32.8 Å². The van der Waals surface area contributed by atoms with Gasteiger partial charge in [-0.15, -0.1) is 0 Å². The number of aryl methyl sites for hydroxylation is 2. The summed E-state index contributed by atoms with van der Waals surface area (Å²) in [5, 5.41) is 16.4. The standard InChI is InChI=1S/C18H23N7O/c1-11-14(8-19-23(11)3)16-7-17(15-9-20-24(4)12(15)2)25(22-16)10-18(26)21-13-5-6-13/h7-9,13H,5-6,10H2,1-4H3,(H,21,26). The molecule has 0 radical (unpaired) electrons. The Morgan fingerprint density at radius 3 is 2.27 bits per heavy atom. The molecule has 136 valence electrons. The molecule has 0 unspecified atom stereocenters. The molecule has 1 N–H and O–H groups in total. The fourth-order valence-corrected chi connectivity index (χ4v) is 3.02. The van der Waals surface area contributed by atoms with Crippen LogP contribution in [-0.4, -0.2) is 41.3 Å². The zero-order chi connectivity index (χ0) is 18.4. The molecule has 1 saturated carbocycles. The summed E-state index contributed by atoms with van der Waals surface area (Å²) >= 11 is 0. The Bertz CT molecular complexity index is 974. The van der Waals surface area contributed by atoms with Crippen molar-refractivity contribution in [3.63, 3.8) is 0 Å². The van der Waals surface area contributed by atoms with Crippen LogP contribution in [0.5, 0.6) is 0 Å². The summed E-state index contributed by atoms with van der Waals surface area (Å²) in [6.07, 6.45) is 5.77. The Morgan fingerprint density at radius 1 is 1.12 bits per heavy atom. The minimum Gasteiger partial charge on any atom is -0.352 e. The van der Waals surface area contributed by atoms with E-state index in [0.717, 1.165) is 46.7 Å². The maximum absolute atomic E-state index is 12.3. The summed E-state index contributed by atoms with van der Waals surface area (Å²) in [5.41, 5.74) is 5.71. The molecule has 4 rings (SSSR count). The van der Waals surface area contributed by atoms with Crippen LogP contribution >= 0.6 is 0 Å². The van der Waals surface area contributed by atoms with Gasteiger partial charge in [0.15, 0.2) is 0 Å². The Labute approximate surface area is 151 Å². The van der Waals surface area contributed by atoms with E-state index in [2.05, 4.69) is 15.5 Å². The van der Waals surface area contributed by atoms with E-state index in [0.29, 0.717) is 6.04 Å². The third kappa shape index (κ3) is 2.91. The molecule has 0 bridgehead atoms. The Morgan fingerprint density at radius 2 is 1.73 bits per heavy atom. The van der Waals surface area contributed by atoms with Crippen LogP contribution in [0, 0.1) is 13.8 Å². The van der Waals surface area contributed by atoms with E-state index in [1.165, 1.54) is 0 Å². The number of rotatable bonds is 5. The molecule has 26 heavy (non-hydrogen) atoms. The number of nitrogens with zero attached hydrogens (tertiary/aromatic N) is 6. The summed E-state index contributed by atoms with van der Waals surface area (Å²) in [5.74, 6) is -0.00662. The quantitative estimate of drug-likeness (QED) is 0.755. The smallest absolute Gasteiger partial charge is 0.241 e. The van der Waals surface area contributed by atoms with Crippen molar-refractivity contribution in [2.75, 3.05) is 0 Å². The average molecular weight is 353 g/mol. The van der Waals surface area contributed by atoms with Gasteiger partial charge < -0.3 is 5.32 Å². The van der Waals surface area contributed by atoms with Gasteiger partial charge in [0.1, 0.15) is 6.54 Å². The van der Waals surface area contributed by atoms with Gasteiger partial charge in [-0.3, -0.25) is 18.8 Å². The topological polar surface area (TPSA) is 82.6 Å². The molecular formula is C18H23N7O. The highest BCUT2D eigenvalue weighted by Crippen LogP contribution is 2.29. The second-order valence-corrected chi connectivity index (χ2v) is 6.95. The number of amides is 1. The third-order valence-corrected chi connectivity index (χ3v) is 5.04. The van der Waals surface area contributed by atoms with Crippen molar-refractivity contribution in [1.82, 2.24) is 34.7 Å². The molecule has 3 aromatic heterocycles. The molecule has 1 fully saturated rings. The maximum atomic E-state index is 12.3. The monoisotopic (exact) mass is 353 g/mol. The maximum Gasteiger partial charge on any atom is 0.241 e. The van der Waals surface area contributed by atoms with Crippen LogP contribution < -0.4 is 5.32 Å². The zero-order valence-corrected chi connectivity index (χ0v) is 15.5. The molecule has 0 saturated heterocycles. The van der Waals surface area contributed by atoms with Gasteiger partial charge in [0.25, 0.3) is 0 Å². The minimum atomic E-state index is -0.00662. The predicted octanol–water partition coefficient (Wildman–Crippen LogP) is 1.58. The van der Waals surface area contributed by atoms with Crippen LogP contribution in [0.4, 0.5) is 0 Å². The second kappa shape index (κ2) is 6.12. The molecule has 8 heteroatoms. The van der Waals surface area contributed by atoms with Gasteiger partial charge in [0, 0.05) is 42.7 Å². The fourth-order valence-electron chi connectivity index (χ4n) is 3.02. The van der Waals surface area contributed by atoms with Gasteiger partial charge in [0.05, 0.1) is 23.8 Å². The zero-order valence-electron chi connectivity index (χ0n) is 15.5. The summed E-state index contributed by atoms with van der Waals surface area (Å²) in [6, 6.07) is 2.35. The Hall–Kier alpha value is -2.90. The number of hydrogen-bond acceptors (Lipinski definition) is 4. The predicted molar refractivity (Wildman–Crippen MR) is 97.3 cm³/mol. The van der Waals surface area contributed by atoms with E-state index >= 15 is 0 Å². The fraction of sp³-hybridized carbons (Fsp3) is 0.444. The largest absolute Gasteiger partial charge is 0.352 e. The molecule has 3 heterocycles. The van der Waals surface area contributed by atoms with Crippen LogP contribution in [0.2, 0.25) is 0 Å². The van der Waals surface area contributed by atoms with E-state index in [1.54, 1.807) is 4.68 Å². The first kappa shape index (κ1) is 16.6. The lowest BCUT2D eigenvalue weighted by molar-refractivity contribution is -0.121. The first-order valence-electron chi connectivity index (χ1n) is 8.79. The van der Waals surface area contributed by atoms with Crippen LogP contribution in [-0.2, 0) is 25.4 Å². The van der Waals surface area contributed by atoms with Crippen molar-refractivity contribution >= 4 is 5.91 Å². The highest BCUT2D eigenvalue weighted by molar-refractivity contribution is 5.78. The first-order chi connectivity index (χ1) is 12.4. The lowest BCUT2D eigenvalue weighted by atomic mass is 10.1. The van der Waals surface area contributed by atoms with E-state index in [9.17, 15) is 4.79 Å². The average Bonchev–Trinajstić information content (AvgIpc) is 3.10. The third-order valence-electron chi connectivity index (χ3n) is 5.04. The molecule has 3 aromatic rings. The molecule has 0 spiro atoms. The number of aromatic nitrogens is 6. The lowest BCUT2D eigenvalue weighted by Gasteiger charge is -2.07. The normalized spacial score (nSPS) is 14.0. The van der Waals surface area contributed by atoms with Crippen LogP contribution in [0.15, 0.2) is 18.5 Å². The highest BCUT2D eigenvalue weighted by Gasteiger charge is 2.25. The number of nitrogens with one attached hydrogen (secondary N) is 1. The number of carbonyl (C=O) groups excluding carboxylic acids is 1. The highest BCUT2D eigenvalue weighted by atomic mass is 16.2. The van der Waals surface area contributed by atoms with Crippen molar-refractivity contribution < 1.29 is 4.79 Å². The summed E-state index contributed by atoms with van der Waals surface area (Å²) in [6.45, 7) is 4.22. The van der Waals surface area contributed by atoms with Gasteiger partial charge in [-0.2, -0.15) is 15.3 Å². The van der Waals surface area contributed by atoms with Crippen molar-refractivity contribution in [2.45, 2.75) is 39.3 Å². The molecule has 8 nitrogen and oxygen atoms in total. The SMILES string of the molecule is Cc1c(-c2cc(-c3cnn(C)c3C)n(CC(=O)NC3CC3)n2)cnn1C. The van der Waals surface area contributed by atoms with Crippen LogP contribution in [0.1, 0.15) is 24.2 Å². The summed E-state index contributed by atoms with van der Waals surface area (Å²) < 4.78 is 5.42. The molecule has 0 aromatic carbocycles. The van der Waals surface area contributed by atoms with E-state index < -0.39 is 0 Å².